The van der Waals surface area contributed by atoms with Gasteiger partial charge in [-0.2, -0.15) is 0 Å². The van der Waals surface area contributed by atoms with Crippen LogP contribution in [0.4, 0.5) is 0 Å². The predicted molar refractivity (Wildman–Crippen MR) is 92.5 cm³/mol. The summed E-state index contributed by atoms with van der Waals surface area (Å²) in [6, 6.07) is 10.3. The average Bonchev–Trinajstić information content (AvgIpc) is 2.60. The zero-order valence-corrected chi connectivity index (χ0v) is 14.4. The molecule has 0 bridgehead atoms. The minimum atomic E-state index is -0.311. The largest absolute Gasteiger partial charge is 0.466 e. The number of carbonyl (C=O) groups is 1. The molecule has 1 aromatic rings. The van der Waals surface area contributed by atoms with Crippen molar-refractivity contribution in [1.29, 1.82) is 0 Å². The molecule has 0 aliphatic carbocycles. The number of carbonyl (C=O) groups excluding carboxylic acids is 1. The second-order valence-electron chi connectivity index (χ2n) is 5.95. The van der Waals surface area contributed by atoms with Gasteiger partial charge in [-0.15, -0.1) is 0 Å². The van der Waals surface area contributed by atoms with Crippen LogP contribution in [0, 0.1) is 0 Å². The molecule has 1 aromatic carbocycles. The van der Waals surface area contributed by atoms with Crippen molar-refractivity contribution in [3.63, 3.8) is 0 Å². The van der Waals surface area contributed by atoms with Crippen LogP contribution in [-0.4, -0.2) is 39.1 Å². The summed E-state index contributed by atoms with van der Waals surface area (Å²) in [6.45, 7) is 8.32. The van der Waals surface area contributed by atoms with E-state index in [-0.39, 0.29) is 24.8 Å². The van der Waals surface area contributed by atoms with Gasteiger partial charge in [0.25, 0.3) is 0 Å². The van der Waals surface area contributed by atoms with Crippen LogP contribution in [0.2, 0.25) is 0 Å². The second kappa shape index (κ2) is 9.57. The van der Waals surface area contributed by atoms with E-state index in [2.05, 4.69) is 24.0 Å². The molecule has 5 nitrogen and oxygen atoms in total. The molecular formula is C19H27NO4. The van der Waals surface area contributed by atoms with Crippen molar-refractivity contribution in [2.75, 3.05) is 33.1 Å². The number of benzene rings is 1. The molecule has 0 spiro atoms. The molecule has 2 rings (SSSR count). The van der Waals surface area contributed by atoms with E-state index < -0.39 is 0 Å². The number of rotatable bonds is 9. The Morgan fingerprint density at radius 3 is 2.62 bits per heavy atom. The maximum atomic E-state index is 11.4. The van der Waals surface area contributed by atoms with E-state index in [0.29, 0.717) is 18.8 Å². The van der Waals surface area contributed by atoms with E-state index in [0.717, 1.165) is 25.9 Å². The predicted octanol–water partition coefficient (Wildman–Crippen LogP) is 2.77. The molecule has 0 radical (unpaired) electrons. The van der Waals surface area contributed by atoms with E-state index in [9.17, 15) is 4.79 Å². The Labute approximate surface area is 144 Å². The van der Waals surface area contributed by atoms with Gasteiger partial charge in [-0.1, -0.05) is 36.9 Å². The number of hydrogen-bond donors (Lipinski definition) is 1. The molecule has 0 atom stereocenters. The van der Waals surface area contributed by atoms with Crippen LogP contribution in [0.3, 0.4) is 0 Å². The monoisotopic (exact) mass is 333 g/mol. The maximum absolute atomic E-state index is 11.4. The van der Waals surface area contributed by atoms with Crippen molar-refractivity contribution in [1.82, 2.24) is 5.32 Å². The van der Waals surface area contributed by atoms with Crippen molar-refractivity contribution < 1.29 is 19.0 Å². The fourth-order valence-corrected chi connectivity index (χ4v) is 2.90. The molecule has 1 aliphatic rings. The third kappa shape index (κ3) is 5.44. The van der Waals surface area contributed by atoms with E-state index in [4.69, 9.17) is 14.2 Å². The average molecular weight is 333 g/mol. The Bertz CT molecular complexity index is 523. The zero-order chi connectivity index (χ0) is 17.3. The Balaban J connectivity index is 1.82. The third-order valence-electron chi connectivity index (χ3n) is 4.14. The molecule has 1 aliphatic heterocycles. The fraction of sp³-hybridized carbons (Fsp3) is 0.526. The van der Waals surface area contributed by atoms with Gasteiger partial charge in [0, 0.05) is 0 Å². The SMILES string of the molecule is C=C(COCOC1(c2ccccc2)CCNCC1)CC(=O)OCC. The highest BCUT2D eigenvalue weighted by molar-refractivity contribution is 5.72. The standard InChI is InChI=1S/C19H27NO4/c1-3-23-18(21)13-16(2)14-22-15-24-19(9-11-20-12-10-19)17-7-5-4-6-8-17/h4-8,20H,2-3,9-15H2,1H3. The zero-order valence-electron chi connectivity index (χ0n) is 14.4. The molecule has 1 saturated heterocycles. The fourth-order valence-electron chi connectivity index (χ4n) is 2.90. The summed E-state index contributed by atoms with van der Waals surface area (Å²) < 4.78 is 16.6. The molecule has 24 heavy (non-hydrogen) atoms. The van der Waals surface area contributed by atoms with Crippen molar-refractivity contribution in [3.8, 4) is 0 Å². The van der Waals surface area contributed by atoms with Crippen LogP contribution in [0.25, 0.3) is 0 Å². The van der Waals surface area contributed by atoms with E-state index in [1.54, 1.807) is 6.92 Å². The van der Waals surface area contributed by atoms with Gasteiger partial charge in [-0.05, 0) is 44.0 Å². The molecular weight excluding hydrogens is 306 g/mol. The van der Waals surface area contributed by atoms with Gasteiger partial charge < -0.3 is 19.5 Å². The Morgan fingerprint density at radius 2 is 1.96 bits per heavy atom. The second-order valence-corrected chi connectivity index (χ2v) is 5.95. The van der Waals surface area contributed by atoms with Crippen LogP contribution in [0.15, 0.2) is 42.5 Å². The van der Waals surface area contributed by atoms with Gasteiger partial charge in [0.05, 0.1) is 25.2 Å². The summed E-state index contributed by atoms with van der Waals surface area (Å²) in [5, 5.41) is 3.37. The van der Waals surface area contributed by atoms with E-state index in [1.165, 1.54) is 5.56 Å². The highest BCUT2D eigenvalue weighted by atomic mass is 16.7. The van der Waals surface area contributed by atoms with Gasteiger partial charge in [0.2, 0.25) is 0 Å². The van der Waals surface area contributed by atoms with Crippen molar-refractivity contribution in [2.45, 2.75) is 31.8 Å². The summed E-state index contributed by atoms with van der Waals surface area (Å²) in [4.78, 5) is 11.4. The lowest BCUT2D eigenvalue weighted by molar-refractivity contribution is -0.156. The van der Waals surface area contributed by atoms with Gasteiger partial charge in [-0.3, -0.25) is 4.79 Å². The lowest BCUT2D eigenvalue weighted by Crippen LogP contribution is -2.42. The van der Waals surface area contributed by atoms with Gasteiger partial charge in [-0.25, -0.2) is 0 Å². The van der Waals surface area contributed by atoms with Crippen molar-refractivity contribution in [3.05, 3.63) is 48.0 Å². The summed E-state index contributed by atoms with van der Waals surface area (Å²) >= 11 is 0. The van der Waals surface area contributed by atoms with Gasteiger partial charge >= 0.3 is 5.97 Å². The smallest absolute Gasteiger partial charge is 0.309 e. The minimum Gasteiger partial charge on any atom is -0.466 e. The van der Waals surface area contributed by atoms with Crippen LogP contribution in [0.5, 0.6) is 0 Å². The number of ether oxygens (including phenoxy) is 3. The minimum absolute atomic E-state index is 0.177. The normalized spacial score (nSPS) is 16.5. The summed E-state index contributed by atoms with van der Waals surface area (Å²) in [5.74, 6) is -0.272. The highest BCUT2D eigenvalue weighted by Crippen LogP contribution is 2.34. The van der Waals surface area contributed by atoms with Crippen molar-refractivity contribution in [2.24, 2.45) is 0 Å². The topological polar surface area (TPSA) is 56.8 Å². The molecule has 1 heterocycles. The maximum Gasteiger partial charge on any atom is 0.309 e. The molecule has 0 saturated carbocycles. The summed E-state index contributed by atoms with van der Waals surface area (Å²) in [7, 11) is 0. The molecule has 5 heteroatoms. The van der Waals surface area contributed by atoms with E-state index in [1.807, 2.05) is 18.2 Å². The van der Waals surface area contributed by atoms with E-state index >= 15 is 0 Å². The number of nitrogens with one attached hydrogen (secondary N) is 1. The summed E-state index contributed by atoms with van der Waals surface area (Å²) in [5.41, 5.74) is 1.56. The molecule has 1 N–H and O–H groups in total. The first-order valence-electron chi connectivity index (χ1n) is 8.46. The lowest BCUT2D eigenvalue weighted by Gasteiger charge is -2.38. The molecule has 0 amide bonds. The summed E-state index contributed by atoms with van der Waals surface area (Å²) in [6.07, 6.45) is 2.00. The van der Waals surface area contributed by atoms with Crippen molar-refractivity contribution >= 4 is 5.97 Å². The number of piperidine rings is 1. The number of hydrogen-bond acceptors (Lipinski definition) is 5. The molecule has 1 fully saturated rings. The first-order valence-corrected chi connectivity index (χ1v) is 8.46. The number of esters is 1. The van der Waals surface area contributed by atoms with Crippen LogP contribution in [0.1, 0.15) is 31.7 Å². The van der Waals surface area contributed by atoms with Gasteiger partial charge in [0.15, 0.2) is 0 Å². The first-order chi connectivity index (χ1) is 11.7. The first kappa shape index (κ1) is 18.6. The third-order valence-corrected chi connectivity index (χ3v) is 4.14. The Hall–Kier alpha value is -1.69. The molecule has 0 unspecified atom stereocenters. The van der Waals surface area contributed by atoms with Crippen LogP contribution in [-0.2, 0) is 24.6 Å². The quantitative estimate of drug-likeness (QED) is 0.326. The Kier molecular flexibility index (Phi) is 7.43. The molecule has 132 valence electrons. The van der Waals surface area contributed by atoms with Crippen LogP contribution < -0.4 is 5.32 Å². The molecule has 0 aromatic heterocycles. The van der Waals surface area contributed by atoms with Gasteiger partial charge in [0.1, 0.15) is 6.79 Å². The van der Waals surface area contributed by atoms with Crippen LogP contribution >= 0.6 is 0 Å². The highest BCUT2D eigenvalue weighted by Gasteiger charge is 2.34. The Morgan fingerprint density at radius 1 is 1.25 bits per heavy atom. The lowest BCUT2D eigenvalue weighted by atomic mass is 9.85.